The van der Waals surface area contributed by atoms with E-state index in [9.17, 15) is 0 Å². The van der Waals surface area contributed by atoms with Crippen LogP contribution in [0.5, 0.6) is 11.5 Å². The molecule has 0 atom stereocenters. The normalized spacial score (nSPS) is 18.8. The van der Waals surface area contributed by atoms with E-state index in [1.807, 2.05) is 6.92 Å². The van der Waals surface area contributed by atoms with Crippen LogP contribution in [-0.2, 0) is 12.8 Å². The zero-order chi connectivity index (χ0) is 39.9. The highest BCUT2D eigenvalue weighted by atomic mass is 16.5. The van der Waals surface area contributed by atoms with Gasteiger partial charge in [-0.05, 0) is 167 Å². The molecule has 2 fully saturated rings. The molecule has 57 heavy (non-hydrogen) atoms. The van der Waals surface area contributed by atoms with Crippen molar-refractivity contribution in [1.29, 1.82) is 0 Å². The third kappa shape index (κ3) is 15.5. The molecule has 4 aromatic rings. The lowest BCUT2D eigenvalue weighted by Gasteiger charge is -2.26. The second kappa shape index (κ2) is 25.1. The fourth-order valence-corrected chi connectivity index (χ4v) is 8.41. The van der Waals surface area contributed by atoms with Crippen LogP contribution < -0.4 is 9.47 Å². The van der Waals surface area contributed by atoms with Crippen LogP contribution in [0, 0.1) is 35.5 Å². The quantitative estimate of drug-likeness (QED) is 0.0887. The molecule has 4 aromatic carbocycles. The van der Waals surface area contributed by atoms with Crippen LogP contribution in [-0.4, -0.2) is 13.7 Å². The predicted molar refractivity (Wildman–Crippen MR) is 242 cm³/mol. The summed E-state index contributed by atoms with van der Waals surface area (Å²) in [6.07, 6.45) is 22.8. The van der Waals surface area contributed by atoms with Gasteiger partial charge in [-0.15, -0.1) is 0 Å². The summed E-state index contributed by atoms with van der Waals surface area (Å²) in [5.41, 5.74) is 8.12. The minimum absolute atomic E-state index is 0.544. The maximum Gasteiger partial charge on any atom is 0.119 e. The lowest BCUT2D eigenvalue weighted by Crippen LogP contribution is -2.12. The third-order valence-electron chi connectivity index (χ3n) is 12.1. The fraction of sp³-hybridized carbons (Fsp3) is 0.491. The van der Waals surface area contributed by atoms with Gasteiger partial charge in [0.15, 0.2) is 0 Å². The Labute approximate surface area is 347 Å². The van der Waals surface area contributed by atoms with E-state index in [2.05, 4.69) is 135 Å². The standard InChI is InChI=1S/C28H36O.C27H34O/c1-3-5-6-7-8-23-9-11-24(12-10-23)13-14-25-15-17-26(18-16-25)27-19-21-28(22-20-27)29-4-2;1-3-4-5-6-7-22-8-10-23(11-9-22)12-13-24-14-16-25(17-15-24)26-18-20-27(28-2)21-19-26/h9-12,19-22,25-26H,3-8,15-18H2,1-2H3;8-11,18-21,24-25H,3-7,14-17H2,1-2H3. The first-order chi connectivity index (χ1) is 28.1. The van der Waals surface area contributed by atoms with E-state index in [1.54, 1.807) is 7.11 Å². The van der Waals surface area contributed by atoms with Crippen molar-refractivity contribution in [3.8, 4) is 35.2 Å². The Bertz CT molecular complexity index is 1800. The van der Waals surface area contributed by atoms with Gasteiger partial charge in [-0.3, -0.25) is 0 Å². The molecule has 0 amide bonds. The second-order valence-electron chi connectivity index (χ2n) is 16.4. The number of aryl methyl sites for hydroxylation is 2. The molecule has 0 spiro atoms. The smallest absolute Gasteiger partial charge is 0.119 e. The van der Waals surface area contributed by atoms with Gasteiger partial charge >= 0.3 is 0 Å². The zero-order valence-corrected chi connectivity index (χ0v) is 35.8. The van der Waals surface area contributed by atoms with Gasteiger partial charge in [-0.2, -0.15) is 0 Å². The highest BCUT2D eigenvalue weighted by Crippen LogP contribution is 2.37. The molecule has 302 valence electrons. The minimum atomic E-state index is 0.544. The van der Waals surface area contributed by atoms with E-state index in [0.717, 1.165) is 29.2 Å². The second-order valence-corrected chi connectivity index (χ2v) is 16.4. The molecular formula is C55H70O2. The van der Waals surface area contributed by atoms with Gasteiger partial charge in [0.2, 0.25) is 0 Å². The van der Waals surface area contributed by atoms with Crippen molar-refractivity contribution >= 4 is 0 Å². The van der Waals surface area contributed by atoms with Gasteiger partial charge in [0.05, 0.1) is 13.7 Å². The van der Waals surface area contributed by atoms with Gasteiger partial charge in [0.1, 0.15) is 11.5 Å². The van der Waals surface area contributed by atoms with Crippen LogP contribution in [0.4, 0.5) is 0 Å². The van der Waals surface area contributed by atoms with Crippen LogP contribution in [0.1, 0.15) is 169 Å². The number of unbranched alkanes of at least 4 members (excludes halogenated alkanes) is 6. The Hall–Kier alpha value is -4.40. The summed E-state index contributed by atoms with van der Waals surface area (Å²) in [6.45, 7) is 7.28. The van der Waals surface area contributed by atoms with Crippen LogP contribution in [0.3, 0.4) is 0 Å². The molecule has 0 N–H and O–H groups in total. The summed E-state index contributed by atoms with van der Waals surface area (Å²) >= 11 is 0. The molecular weight excluding hydrogens is 693 g/mol. The van der Waals surface area contributed by atoms with Crippen molar-refractivity contribution in [1.82, 2.24) is 0 Å². The fourth-order valence-electron chi connectivity index (χ4n) is 8.41. The molecule has 0 heterocycles. The summed E-state index contributed by atoms with van der Waals surface area (Å²) in [5.74, 6) is 18.3. The largest absolute Gasteiger partial charge is 0.497 e. The number of benzene rings is 4. The van der Waals surface area contributed by atoms with Gasteiger partial charge < -0.3 is 9.47 Å². The van der Waals surface area contributed by atoms with Gasteiger partial charge in [0.25, 0.3) is 0 Å². The Kier molecular flexibility index (Phi) is 19.2. The van der Waals surface area contributed by atoms with Crippen LogP contribution in [0.15, 0.2) is 97.1 Å². The van der Waals surface area contributed by atoms with Crippen molar-refractivity contribution in [3.05, 3.63) is 130 Å². The van der Waals surface area contributed by atoms with Crippen molar-refractivity contribution < 1.29 is 9.47 Å². The molecule has 0 saturated heterocycles. The van der Waals surface area contributed by atoms with Crippen molar-refractivity contribution in [2.45, 2.75) is 148 Å². The molecule has 6 rings (SSSR count). The number of ether oxygens (including phenoxy) is 2. The Morgan fingerprint density at radius 3 is 1.23 bits per heavy atom. The molecule has 2 saturated carbocycles. The monoisotopic (exact) mass is 763 g/mol. The van der Waals surface area contributed by atoms with Gasteiger partial charge in [-0.1, -0.05) is 125 Å². The molecule has 2 nitrogen and oxygen atoms in total. The average Bonchev–Trinajstić information content (AvgIpc) is 3.27. The van der Waals surface area contributed by atoms with Crippen LogP contribution in [0.2, 0.25) is 0 Å². The topological polar surface area (TPSA) is 18.5 Å². The molecule has 0 bridgehead atoms. The summed E-state index contributed by atoms with van der Waals surface area (Å²) in [7, 11) is 1.72. The first-order valence-electron chi connectivity index (χ1n) is 22.6. The van der Waals surface area contributed by atoms with E-state index < -0.39 is 0 Å². The van der Waals surface area contributed by atoms with E-state index in [4.69, 9.17) is 9.47 Å². The average molecular weight is 763 g/mol. The molecule has 0 unspecified atom stereocenters. The first-order valence-corrected chi connectivity index (χ1v) is 22.6. The highest BCUT2D eigenvalue weighted by molar-refractivity contribution is 5.38. The van der Waals surface area contributed by atoms with E-state index in [0.29, 0.717) is 23.7 Å². The number of hydrogen-bond donors (Lipinski definition) is 0. The van der Waals surface area contributed by atoms with E-state index in [-0.39, 0.29) is 0 Å². The highest BCUT2D eigenvalue weighted by Gasteiger charge is 2.22. The van der Waals surface area contributed by atoms with E-state index >= 15 is 0 Å². The number of methoxy groups -OCH3 is 1. The minimum Gasteiger partial charge on any atom is -0.497 e. The predicted octanol–water partition coefficient (Wildman–Crippen LogP) is 14.7. The van der Waals surface area contributed by atoms with Gasteiger partial charge in [0, 0.05) is 23.0 Å². The molecule has 2 aliphatic rings. The summed E-state index contributed by atoms with van der Waals surface area (Å²) < 4.78 is 10.8. The third-order valence-corrected chi connectivity index (χ3v) is 12.1. The van der Waals surface area contributed by atoms with Crippen LogP contribution >= 0.6 is 0 Å². The van der Waals surface area contributed by atoms with Crippen LogP contribution in [0.25, 0.3) is 0 Å². The Morgan fingerprint density at radius 2 is 0.860 bits per heavy atom. The number of hydrogen-bond acceptors (Lipinski definition) is 2. The lowest BCUT2D eigenvalue weighted by molar-refractivity contribution is 0.339. The van der Waals surface area contributed by atoms with Crippen molar-refractivity contribution in [2.24, 2.45) is 11.8 Å². The Balaban J connectivity index is 0.000000218. The zero-order valence-electron chi connectivity index (χ0n) is 35.8. The SMILES string of the molecule is CCCCCCc1ccc(C#CC2CCC(c3ccc(OC)cc3)CC2)cc1.CCCCCCc1ccc(C#CC2CCC(c3ccc(OCC)cc3)CC2)cc1. The van der Waals surface area contributed by atoms with Crippen molar-refractivity contribution in [3.63, 3.8) is 0 Å². The molecule has 0 aliphatic heterocycles. The van der Waals surface area contributed by atoms with Crippen molar-refractivity contribution in [2.75, 3.05) is 13.7 Å². The summed E-state index contributed by atoms with van der Waals surface area (Å²) in [6, 6.07) is 35.2. The summed E-state index contributed by atoms with van der Waals surface area (Å²) in [4.78, 5) is 0. The first kappa shape index (κ1) is 43.7. The molecule has 0 radical (unpaired) electrons. The molecule has 2 heteroatoms. The van der Waals surface area contributed by atoms with E-state index in [1.165, 1.54) is 138 Å². The lowest BCUT2D eigenvalue weighted by atomic mass is 9.79. The molecule has 2 aliphatic carbocycles. The Morgan fingerprint density at radius 1 is 0.456 bits per heavy atom. The molecule has 0 aromatic heterocycles. The maximum atomic E-state index is 5.56. The number of rotatable bonds is 15. The van der Waals surface area contributed by atoms with Gasteiger partial charge in [-0.25, -0.2) is 0 Å². The summed E-state index contributed by atoms with van der Waals surface area (Å²) in [5, 5.41) is 0. The maximum absolute atomic E-state index is 5.56.